The Morgan fingerprint density at radius 2 is 2.26 bits per heavy atom. The Balaban J connectivity index is 2.18. The van der Waals surface area contributed by atoms with Gasteiger partial charge in [0.25, 0.3) is 5.06 Å². The highest BCUT2D eigenvalue weighted by atomic mass is 32.1. The number of rotatable bonds is 4. The normalized spacial score (nSPS) is 23.1. The Morgan fingerprint density at radius 3 is 2.84 bits per heavy atom. The molecule has 0 N–H and O–H groups in total. The lowest BCUT2D eigenvalue weighted by Gasteiger charge is -2.26. The number of ketones is 1. The molecule has 6 heteroatoms. The zero-order valence-electron chi connectivity index (χ0n) is 11.0. The van der Waals surface area contributed by atoms with Crippen molar-refractivity contribution < 1.29 is 14.5 Å². The van der Waals surface area contributed by atoms with E-state index in [1.165, 1.54) is 19.4 Å². The number of Topliss-reactive ketones (excluding diaryl/α,β-unsaturated/α-hetero) is 1. The fourth-order valence-electron chi connectivity index (χ4n) is 2.39. The molecule has 0 bridgehead atoms. The van der Waals surface area contributed by atoms with Crippen molar-refractivity contribution in [3.63, 3.8) is 0 Å². The van der Waals surface area contributed by atoms with Crippen LogP contribution in [0.25, 0.3) is 0 Å². The van der Waals surface area contributed by atoms with Crippen molar-refractivity contribution in [2.45, 2.75) is 45.6 Å². The minimum absolute atomic E-state index is 0.0286. The van der Waals surface area contributed by atoms with Crippen molar-refractivity contribution in [1.29, 1.82) is 0 Å². The topological polar surface area (TPSA) is 69.4 Å². The Hall–Kier alpha value is -1.43. The van der Waals surface area contributed by atoms with Crippen molar-refractivity contribution >= 4 is 22.8 Å². The molecule has 0 saturated heterocycles. The molecule has 1 saturated carbocycles. The van der Waals surface area contributed by atoms with Gasteiger partial charge in [0.1, 0.15) is 6.10 Å². The van der Waals surface area contributed by atoms with E-state index >= 15 is 0 Å². The molecule has 1 aliphatic carbocycles. The van der Waals surface area contributed by atoms with Gasteiger partial charge in [-0.3, -0.25) is 14.9 Å². The van der Waals surface area contributed by atoms with Crippen molar-refractivity contribution in [2.24, 2.45) is 5.92 Å². The summed E-state index contributed by atoms with van der Waals surface area (Å²) in [4.78, 5) is 22.2. The number of carbonyl (C=O) groups is 1. The van der Waals surface area contributed by atoms with Crippen LogP contribution in [0.2, 0.25) is 0 Å². The Labute approximate surface area is 115 Å². The molecule has 2 rings (SSSR count). The standard InChI is InChI=1S/C13H17NO4S/c1-8-4-3-5-10(6-8)18-13-11(14(16)17)7-12(19-13)9(2)15/h7-8,10H,3-6H2,1-2H3. The van der Waals surface area contributed by atoms with E-state index in [2.05, 4.69) is 6.92 Å². The first kappa shape index (κ1) is 14.0. The third kappa shape index (κ3) is 3.32. The van der Waals surface area contributed by atoms with E-state index in [0.29, 0.717) is 10.8 Å². The average molecular weight is 283 g/mol. The molecule has 0 aliphatic heterocycles. The maximum atomic E-state index is 11.3. The fourth-order valence-corrected chi connectivity index (χ4v) is 3.32. The summed E-state index contributed by atoms with van der Waals surface area (Å²) in [5.41, 5.74) is -0.0894. The first-order chi connectivity index (χ1) is 8.97. The number of ether oxygens (including phenoxy) is 1. The zero-order chi connectivity index (χ0) is 14.0. The van der Waals surface area contributed by atoms with Crippen molar-refractivity contribution in [3.8, 4) is 5.06 Å². The quantitative estimate of drug-likeness (QED) is 0.478. The molecular formula is C13H17NO4S. The summed E-state index contributed by atoms with van der Waals surface area (Å²) in [6.07, 6.45) is 4.15. The Morgan fingerprint density at radius 1 is 1.53 bits per heavy atom. The summed E-state index contributed by atoms with van der Waals surface area (Å²) in [6, 6.07) is 1.31. The van der Waals surface area contributed by atoms with Gasteiger partial charge < -0.3 is 4.74 Å². The van der Waals surface area contributed by atoms with Crippen LogP contribution in [0.3, 0.4) is 0 Å². The van der Waals surface area contributed by atoms with Gasteiger partial charge in [0, 0.05) is 6.07 Å². The average Bonchev–Trinajstić information content (AvgIpc) is 2.73. The summed E-state index contributed by atoms with van der Waals surface area (Å²) in [7, 11) is 0. The van der Waals surface area contributed by atoms with E-state index in [-0.39, 0.29) is 22.6 Å². The summed E-state index contributed by atoms with van der Waals surface area (Å²) >= 11 is 1.08. The number of hydrogen-bond acceptors (Lipinski definition) is 5. The van der Waals surface area contributed by atoms with E-state index in [1.807, 2.05) is 0 Å². The second-order valence-electron chi connectivity index (χ2n) is 5.11. The van der Waals surface area contributed by atoms with Crippen LogP contribution in [0.15, 0.2) is 6.07 Å². The van der Waals surface area contributed by atoms with Crippen LogP contribution >= 0.6 is 11.3 Å². The van der Waals surface area contributed by atoms with Crippen LogP contribution in [0.4, 0.5) is 5.69 Å². The van der Waals surface area contributed by atoms with Gasteiger partial charge in [-0.15, -0.1) is 0 Å². The van der Waals surface area contributed by atoms with Crippen molar-refractivity contribution in [2.75, 3.05) is 0 Å². The molecule has 0 spiro atoms. The van der Waals surface area contributed by atoms with Gasteiger partial charge in [-0.25, -0.2) is 0 Å². The van der Waals surface area contributed by atoms with Crippen LogP contribution in [0.5, 0.6) is 5.06 Å². The molecule has 0 aromatic carbocycles. The summed E-state index contributed by atoms with van der Waals surface area (Å²) in [6.45, 7) is 3.57. The van der Waals surface area contributed by atoms with Crippen LogP contribution in [0.1, 0.15) is 49.2 Å². The van der Waals surface area contributed by atoms with Gasteiger partial charge >= 0.3 is 5.69 Å². The zero-order valence-corrected chi connectivity index (χ0v) is 11.9. The number of carbonyl (C=O) groups excluding carboxylic acids is 1. The largest absolute Gasteiger partial charge is 0.476 e. The number of nitrogens with zero attached hydrogens (tertiary/aromatic N) is 1. The van der Waals surface area contributed by atoms with Gasteiger partial charge in [0.15, 0.2) is 5.78 Å². The third-order valence-electron chi connectivity index (χ3n) is 3.39. The summed E-state index contributed by atoms with van der Waals surface area (Å²) in [5, 5.41) is 11.3. The predicted molar refractivity (Wildman–Crippen MR) is 73.0 cm³/mol. The lowest BCUT2D eigenvalue weighted by molar-refractivity contribution is -0.385. The molecule has 1 aromatic heterocycles. The lowest BCUT2D eigenvalue weighted by Crippen LogP contribution is -2.23. The maximum absolute atomic E-state index is 11.3. The Bertz CT molecular complexity index is 497. The minimum atomic E-state index is -0.482. The molecule has 19 heavy (non-hydrogen) atoms. The van der Waals surface area contributed by atoms with Crippen LogP contribution in [-0.2, 0) is 0 Å². The highest BCUT2D eigenvalue weighted by Crippen LogP contribution is 2.39. The van der Waals surface area contributed by atoms with Gasteiger partial charge in [-0.2, -0.15) is 0 Å². The molecule has 2 unspecified atom stereocenters. The van der Waals surface area contributed by atoms with E-state index in [4.69, 9.17) is 4.74 Å². The van der Waals surface area contributed by atoms with Gasteiger partial charge in [0.05, 0.1) is 9.80 Å². The molecule has 0 amide bonds. The van der Waals surface area contributed by atoms with Gasteiger partial charge in [-0.05, 0) is 32.1 Å². The van der Waals surface area contributed by atoms with Crippen molar-refractivity contribution in [1.82, 2.24) is 0 Å². The number of thiophene rings is 1. The van der Waals surface area contributed by atoms with Crippen LogP contribution in [-0.4, -0.2) is 16.8 Å². The molecule has 2 atom stereocenters. The van der Waals surface area contributed by atoms with Crippen LogP contribution < -0.4 is 4.74 Å². The minimum Gasteiger partial charge on any atom is -0.476 e. The molecule has 104 valence electrons. The van der Waals surface area contributed by atoms with E-state index in [1.54, 1.807) is 0 Å². The van der Waals surface area contributed by atoms with Gasteiger partial charge in [-0.1, -0.05) is 24.7 Å². The van der Waals surface area contributed by atoms with E-state index in [9.17, 15) is 14.9 Å². The summed E-state index contributed by atoms with van der Waals surface area (Å²) in [5.74, 6) is 0.421. The lowest BCUT2D eigenvalue weighted by atomic mass is 9.89. The van der Waals surface area contributed by atoms with Crippen LogP contribution in [0, 0.1) is 16.0 Å². The van der Waals surface area contributed by atoms with E-state index in [0.717, 1.165) is 30.6 Å². The molecular weight excluding hydrogens is 266 g/mol. The molecule has 5 nitrogen and oxygen atoms in total. The molecule has 1 aromatic rings. The second-order valence-corrected chi connectivity index (χ2v) is 6.12. The third-order valence-corrected chi connectivity index (χ3v) is 4.50. The highest BCUT2D eigenvalue weighted by Gasteiger charge is 2.27. The van der Waals surface area contributed by atoms with Crippen molar-refractivity contribution in [3.05, 3.63) is 21.1 Å². The van der Waals surface area contributed by atoms with E-state index < -0.39 is 4.92 Å². The number of hydrogen-bond donors (Lipinski definition) is 0. The molecule has 0 radical (unpaired) electrons. The second kappa shape index (κ2) is 5.69. The summed E-state index contributed by atoms with van der Waals surface area (Å²) < 4.78 is 5.77. The molecule has 1 heterocycles. The SMILES string of the molecule is CC(=O)c1cc([N+](=O)[O-])c(OC2CCCC(C)C2)s1. The first-order valence-electron chi connectivity index (χ1n) is 6.43. The molecule has 1 aliphatic rings. The Kier molecular flexibility index (Phi) is 4.19. The number of nitro groups is 1. The maximum Gasteiger partial charge on any atom is 0.323 e. The molecule has 1 fully saturated rings. The fraction of sp³-hybridized carbons (Fsp3) is 0.615. The monoisotopic (exact) mass is 283 g/mol. The predicted octanol–water partition coefficient (Wildman–Crippen LogP) is 3.82. The van der Waals surface area contributed by atoms with Gasteiger partial charge in [0.2, 0.25) is 0 Å². The smallest absolute Gasteiger partial charge is 0.323 e. The first-order valence-corrected chi connectivity index (χ1v) is 7.25. The highest BCUT2D eigenvalue weighted by molar-refractivity contribution is 7.16.